The van der Waals surface area contributed by atoms with Crippen LogP contribution < -0.4 is 0 Å². The Labute approximate surface area is 377 Å². The zero-order valence-corrected chi connectivity index (χ0v) is 39.7. The molecule has 0 bridgehead atoms. The summed E-state index contributed by atoms with van der Waals surface area (Å²) in [5, 5.41) is 30.5. The fourth-order valence-corrected chi connectivity index (χ4v) is 6.86. The Hall–Kier alpha value is -2.52. The van der Waals surface area contributed by atoms with Crippen LogP contribution >= 0.6 is 15.6 Å². The van der Waals surface area contributed by atoms with E-state index in [0.29, 0.717) is 12.8 Å². The van der Waals surface area contributed by atoms with Gasteiger partial charge in [-0.15, -0.1) is 0 Å². The van der Waals surface area contributed by atoms with Crippen LogP contribution in [0, 0.1) is 0 Å². The number of unbranched alkanes of at least 4 members (excludes halogenated alkanes) is 10. The van der Waals surface area contributed by atoms with E-state index < -0.39 is 78.4 Å². The van der Waals surface area contributed by atoms with Gasteiger partial charge in [0.15, 0.2) is 6.10 Å². The Kier molecular flexibility index (Phi) is 39.3. The number of esters is 2. The molecule has 0 fully saturated rings. The number of rotatable bonds is 42. The highest BCUT2D eigenvalue weighted by atomic mass is 31.2. The van der Waals surface area contributed by atoms with Crippen molar-refractivity contribution in [3.8, 4) is 0 Å². The Bertz CT molecular complexity index is 1420. The second-order valence-electron chi connectivity index (χ2n) is 15.2. The van der Waals surface area contributed by atoms with Crippen molar-refractivity contribution in [3.05, 3.63) is 72.9 Å². The number of ether oxygens (including phenoxy) is 2. The topological polar surface area (TPSA) is 236 Å². The predicted molar refractivity (Wildman–Crippen MR) is 246 cm³/mol. The van der Waals surface area contributed by atoms with Crippen LogP contribution in [0.1, 0.15) is 155 Å². The summed E-state index contributed by atoms with van der Waals surface area (Å²) < 4.78 is 47.6. The van der Waals surface area contributed by atoms with E-state index in [1.807, 2.05) is 12.2 Å². The summed E-state index contributed by atoms with van der Waals surface area (Å²) in [4.78, 5) is 52.8. The number of allylic oxidation sites excluding steroid dienone is 11. The largest absolute Gasteiger partial charge is 0.472 e. The second-order valence-corrected chi connectivity index (χ2v) is 17.9. The first-order valence-electron chi connectivity index (χ1n) is 22.8. The molecule has 0 heterocycles. The number of aliphatic hydroxyl groups is 3. The Morgan fingerprint density at radius 1 is 0.524 bits per heavy atom. The normalized spacial score (nSPS) is 15.6. The average molecular weight is 935 g/mol. The van der Waals surface area contributed by atoms with Gasteiger partial charge >= 0.3 is 27.6 Å². The predicted octanol–water partition coefficient (Wildman–Crippen LogP) is 9.73. The van der Waals surface area contributed by atoms with Crippen LogP contribution in [-0.2, 0) is 41.8 Å². The molecule has 0 aliphatic carbocycles. The average Bonchev–Trinajstić information content (AvgIpc) is 3.24. The van der Waals surface area contributed by atoms with E-state index in [2.05, 4.69) is 77.6 Å². The minimum Gasteiger partial charge on any atom is -0.462 e. The minimum absolute atomic E-state index is 0.0580. The van der Waals surface area contributed by atoms with Crippen molar-refractivity contribution in [3.63, 3.8) is 0 Å². The number of carbonyl (C=O) groups is 2. The van der Waals surface area contributed by atoms with Gasteiger partial charge in [0.1, 0.15) is 12.7 Å². The first-order valence-corrected chi connectivity index (χ1v) is 25.8. The van der Waals surface area contributed by atoms with Crippen molar-refractivity contribution in [2.45, 2.75) is 180 Å². The van der Waals surface area contributed by atoms with Crippen LogP contribution in [0.2, 0.25) is 0 Å². The standard InChI is InChI=1S/C46H80O15P2/c1-3-5-7-9-11-13-15-17-18-19-20-21-23-25-27-29-31-35-46(51)61-42(40-60-63(55,56)59-38-41(47)37-58-62(52,53)54)39-57-45(50)36-32-34-44(49)43(48)33-30-28-26-24-22-16-14-12-10-8-6-4-2/h6,8,11-14,17-18,22,24,28,30,41-44,47-49H,3-5,7,9-10,15-16,19-21,23,25-27,29,31-40H2,1-2H3,(H,55,56)(H2,52,53,54)/b8-6-,13-11-,14-12-,18-17-,24-22-,30-28-/t41-,42+,43-,44-/m0/s1. The van der Waals surface area contributed by atoms with Gasteiger partial charge in [0.2, 0.25) is 0 Å². The Morgan fingerprint density at radius 2 is 1.02 bits per heavy atom. The fourth-order valence-electron chi connectivity index (χ4n) is 5.70. The number of phosphoric acid groups is 2. The van der Waals surface area contributed by atoms with E-state index in [9.17, 15) is 38.9 Å². The second kappa shape index (κ2) is 40.9. The van der Waals surface area contributed by atoms with E-state index in [0.717, 1.165) is 77.0 Å². The van der Waals surface area contributed by atoms with E-state index in [1.165, 1.54) is 19.3 Å². The maximum Gasteiger partial charge on any atom is 0.472 e. The lowest BCUT2D eigenvalue weighted by molar-refractivity contribution is -0.161. The molecule has 0 aromatic carbocycles. The smallest absolute Gasteiger partial charge is 0.462 e. The van der Waals surface area contributed by atoms with E-state index >= 15 is 0 Å². The number of phosphoric ester groups is 2. The lowest BCUT2D eigenvalue weighted by Gasteiger charge is -2.20. The highest BCUT2D eigenvalue weighted by molar-refractivity contribution is 7.47. The Morgan fingerprint density at radius 3 is 1.60 bits per heavy atom. The summed E-state index contributed by atoms with van der Waals surface area (Å²) in [7, 11) is -9.78. The number of aliphatic hydroxyl groups excluding tert-OH is 3. The number of hydrogen-bond acceptors (Lipinski definition) is 12. The van der Waals surface area contributed by atoms with Crippen LogP contribution in [0.25, 0.3) is 0 Å². The Balaban J connectivity index is 4.74. The van der Waals surface area contributed by atoms with Crippen molar-refractivity contribution >= 4 is 27.6 Å². The molecule has 6 N–H and O–H groups in total. The molecule has 0 aromatic heterocycles. The molecule has 0 aromatic rings. The zero-order valence-electron chi connectivity index (χ0n) is 37.9. The van der Waals surface area contributed by atoms with Crippen molar-refractivity contribution in [2.24, 2.45) is 0 Å². The molecule has 0 spiro atoms. The molecule has 17 heteroatoms. The molecule has 15 nitrogen and oxygen atoms in total. The van der Waals surface area contributed by atoms with E-state index in [-0.39, 0.29) is 32.1 Å². The van der Waals surface area contributed by atoms with Gasteiger partial charge in [-0.2, -0.15) is 0 Å². The monoisotopic (exact) mass is 934 g/mol. The molecule has 0 aliphatic rings. The van der Waals surface area contributed by atoms with Crippen LogP contribution in [0.3, 0.4) is 0 Å². The number of carbonyl (C=O) groups excluding carboxylic acids is 2. The fraction of sp³-hybridized carbons (Fsp3) is 0.696. The van der Waals surface area contributed by atoms with Crippen molar-refractivity contribution in [2.75, 3.05) is 26.4 Å². The molecule has 0 amide bonds. The van der Waals surface area contributed by atoms with Crippen molar-refractivity contribution < 1.29 is 71.8 Å². The molecule has 364 valence electrons. The summed E-state index contributed by atoms with van der Waals surface area (Å²) >= 11 is 0. The molecule has 0 aliphatic heterocycles. The van der Waals surface area contributed by atoms with Gasteiger partial charge in [-0.1, -0.05) is 132 Å². The van der Waals surface area contributed by atoms with Gasteiger partial charge in [-0.25, -0.2) is 9.13 Å². The molecule has 5 atom stereocenters. The van der Waals surface area contributed by atoms with Gasteiger partial charge in [-0.05, 0) is 83.5 Å². The third kappa shape index (κ3) is 43.2. The van der Waals surface area contributed by atoms with Crippen LogP contribution in [0.5, 0.6) is 0 Å². The summed E-state index contributed by atoms with van der Waals surface area (Å²) in [6.45, 7) is 1.28. The minimum atomic E-state index is -4.90. The van der Waals surface area contributed by atoms with Crippen molar-refractivity contribution in [1.29, 1.82) is 0 Å². The quantitative estimate of drug-likeness (QED) is 0.0145. The molecule has 0 saturated carbocycles. The van der Waals surface area contributed by atoms with Gasteiger partial charge in [-0.3, -0.25) is 23.2 Å². The zero-order chi connectivity index (χ0) is 46.9. The first-order chi connectivity index (χ1) is 30.2. The van der Waals surface area contributed by atoms with E-state index in [4.69, 9.17) is 23.8 Å². The van der Waals surface area contributed by atoms with E-state index in [1.54, 1.807) is 6.08 Å². The van der Waals surface area contributed by atoms with Crippen molar-refractivity contribution in [1.82, 2.24) is 0 Å². The third-order valence-electron chi connectivity index (χ3n) is 9.27. The first kappa shape index (κ1) is 60.5. The van der Waals surface area contributed by atoms with Gasteiger partial charge in [0.25, 0.3) is 0 Å². The van der Waals surface area contributed by atoms with Gasteiger partial charge in [0.05, 0.1) is 32.0 Å². The SMILES string of the molecule is CC/C=C\C/C=C\C/C=C\C/C=C\C[C@H](O)[C@@H](O)CCCC(=O)OC[C@H](COP(=O)(O)OC[C@@H](O)COP(=O)(O)O)OC(=O)CCCCCCCCC/C=C\C/C=C\CCCCC. The molecular formula is C46H80O15P2. The molecule has 0 rings (SSSR count). The highest BCUT2D eigenvalue weighted by Gasteiger charge is 2.28. The molecule has 63 heavy (non-hydrogen) atoms. The molecular weight excluding hydrogens is 854 g/mol. The van der Waals surface area contributed by atoms with Crippen LogP contribution in [0.4, 0.5) is 0 Å². The molecule has 1 unspecified atom stereocenters. The van der Waals surface area contributed by atoms with Crippen LogP contribution in [0.15, 0.2) is 72.9 Å². The maximum atomic E-state index is 12.7. The van der Waals surface area contributed by atoms with Gasteiger partial charge in [0, 0.05) is 12.8 Å². The highest BCUT2D eigenvalue weighted by Crippen LogP contribution is 2.43. The molecule has 0 saturated heterocycles. The van der Waals surface area contributed by atoms with Gasteiger partial charge < -0.3 is 39.5 Å². The lowest BCUT2D eigenvalue weighted by Crippen LogP contribution is -2.30. The molecule has 0 radical (unpaired) electrons. The summed E-state index contributed by atoms with van der Waals surface area (Å²) in [5.41, 5.74) is 0. The van der Waals surface area contributed by atoms with Crippen LogP contribution in [-0.4, -0.2) is 92.8 Å². The summed E-state index contributed by atoms with van der Waals surface area (Å²) in [6, 6.07) is 0. The maximum absolute atomic E-state index is 12.7. The summed E-state index contributed by atoms with van der Waals surface area (Å²) in [6.07, 6.45) is 37.7. The number of hydrogen-bond donors (Lipinski definition) is 6. The third-order valence-corrected chi connectivity index (χ3v) is 10.7. The lowest BCUT2D eigenvalue weighted by atomic mass is 10.0. The summed E-state index contributed by atoms with van der Waals surface area (Å²) in [5.74, 6) is -1.33.